The quantitative estimate of drug-likeness (QED) is 0.477. The van der Waals surface area contributed by atoms with Crippen molar-refractivity contribution < 1.29 is 18.0 Å². The molecule has 0 saturated heterocycles. The second kappa shape index (κ2) is 10.9. The van der Waals surface area contributed by atoms with E-state index in [0.29, 0.717) is 6.04 Å². The molecule has 1 saturated carbocycles. The van der Waals surface area contributed by atoms with Gasteiger partial charge in [0.05, 0.1) is 17.4 Å². The number of amides is 2. The fourth-order valence-corrected chi connectivity index (χ4v) is 6.93. The second-order valence-electron chi connectivity index (χ2n) is 10.7. The highest BCUT2D eigenvalue weighted by molar-refractivity contribution is 7.89. The van der Waals surface area contributed by atoms with Crippen LogP contribution in [0.15, 0.2) is 59.8 Å². The maximum absolute atomic E-state index is 13.3. The highest BCUT2D eigenvalue weighted by atomic mass is 32.2. The summed E-state index contributed by atoms with van der Waals surface area (Å²) in [5, 5.41) is 9.32. The summed E-state index contributed by atoms with van der Waals surface area (Å²) in [5.41, 5.74) is 4.52. The molecule has 2 aromatic rings. The predicted octanol–water partition coefficient (Wildman–Crippen LogP) is 3.74. The van der Waals surface area contributed by atoms with Crippen LogP contribution in [0.3, 0.4) is 0 Å². The van der Waals surface area contributed by atoms with E-state index in [1.165, 1.54) is 54.9 Å². The molecule has 2 aliphatic carbocycles. The molecule has 9 heteroatoms. The van der Waals surface area contributed by atoms with Gasteiger partial charge in [-0.2, -0.15) is 0 Å². The number of rotatable bonds is 8. The van der Waals surface area contributed by atoms with Crippen LogP contribution in [0.25, 0.3) is 0 Å². The van der Waals surface area contributed by atoms with Crippen LogP contribution in [0, 0.1) is 6.92 Å². The number of sulfonamides is 1. The summed E-state index contributed by atoms with van der Waals surface area (Å²) in [7, 11) is -4.01. The third kappa shape index (κ3) is 5.49. The first kappa shape index (κ1) is 26.4. The lowest BCUT2D eigenvalue weighted by Crippen LogP contribution is -2.51. The van der Waals surface area contributed by atoms with Crippen molar-refractivity contribution in [2.24, 2.45) is 0 Å². The molecule has 2 amide bonds. The summed E-state index contributed by atoms with van der Waals surface area (Å²) in [5.74, 6) is -0.883. The summed E-state index contributed by atoms with van der Waals surface area (Å²) >= 11 is 0. The van der Waals surface area contributed by atoms with Gasteiger partial charge in [-0.25, -0.2) is 8.42 Å². The Morgan fingerprint density at radius 1 is 1.11 bits per heavy atom. The number of carbonyl (C=O) groups is 2. The highest BCUT2D eigenvalue weighted by Gasteiger charge is 2.37. The Morgan fingerprint density at radius 3 is 2.58 bits per heavy atom. The largest absolute Gasteiger partial charge is 0.349 e. The molecule has 0 radical (unpaired) electrons. The second-order valence-corrected chi connectivity index (χ2v) is 12.5. The Labute approximate surface area is 224 Å². The lowest BCUT2D eigenvalue weighted by molar-refractivity contribution is -0.129. The molecule has 3 N–H and O–H groups in total. The van der Waals surface area contributed by atoms with Gasteiger partial charge in [-0.15, -0.1) is 0 Å². The van der Waals surface area contributed by atoms with Crippen LogP contribution in [0.1, 0.15) is 79.8 Å². The maximum Gasteiger partial charge on any atom is 0.264 e. The average molecular weight is 537 g/mol. The molecule has 202 valence electrons. The van der Waals surface area contributed by atoms with E-state index in [1.807, 2.05) is 6.92 Å². The fraction of sp³-hybridized carbons (Fsp3) is 0.448. The number of nitrogens with zero attached hydrogens (tertiary/aromatic N) is 1. The number of aryl methyl sites for hydroxylation is 2. The Morgan fingerprint density at radius 2 is 1.87 bits per heavy atom. The zero-order valence-corrected chi connectivity index (χ0v) is 22.8. The minimum atomic E-state index is -4.01. The van der Waals surface area contributed by atoms with Crippen LogP contribution in [0.2, 0.25) is 0 Å². The van der Waals surface area contributed by atoms with Gasteiger partial charge >= 0.3 is 0 Å². The first-order chi connectivity index (χ1) is 18.2. The van der Waals surface area contributed by atoms with E-state index in [4.69, 9.17) is 0 Å². The summed E-state index contributed by atoms with van der Waals surface area (Å²) in [4.78, 5) is 26.0. The smallest absolute Gasteiger partial charge is 0.264 e. The zero-order valence-electron chi connectivity index (χ0n) is 21.9. The molecule has 8 nitrogen and oxygen atoms in total. The molecule has 2 aromatic carbocycles. The fourth-order valence-electron chi connectivity index (χ4n) is 5.48. The van der Waals surface area contributed by atoms with Crippen LogP contribution >= 0.6 is 0 Å². The third-order valence-corrected chi connectivity index (χ3v) is 9.74. The van der Waals surface area contributed by atoms with Gasteiger partial charge in [-0.3, -0.25) is 13.9 Å². The molecule has 38 heavy (non-hydrogen) atoms. The maximum atomic E-state index is 13.3. The number of hydrogen-bond acceptors (Lipinski definition) is 5. The number of benzene rings is 2. The zero-order chi connectivity index (χ0) is 26.9. The van der Waals surface area contributed by atoms with Gasteiger partial charge in [-0.05, 0) is 74.8 Å². The van der Waals surface area contributed by atoms with E-state index in [2.05, 4.69) is 41.1 Å². The lowest BCUT2D eigenvalue weighted by Gasteiger charge is -2.33. The molecule has 3 aliphatic rings. The van der Waals surface area contributed by atoms with E-state index in [-0.39, 0.29) is 29.3 Å². The van der Waals surface area contributed by atoms with Gasteiger partial charge in [-0.1, -0.05) is 42.3 Å². The SMILES string of the molecule is Cc1ccc(S(=O)(=O)N2C=CNC(=O)[C@H]2CC(=O)N[C@@H]2CCCc3cc(C(C)NC4CCC4)ccc32)cc1. The number of nitrogens with one attached hydrogen (secondary N) is 3. The summed E-state index contributed by atoms with van der Waals surface area (Å²) in [6.07, 6.45) is 8.82. The monoisotopic (exact) mass is 536 g/mol. The molecule has 3 atom stereocenters. The molecule has 0 spiro atoms. The summed E-state index contributed by atoms with van der Waals surface area (Å²) < 4.78 is 27.6. The summed E-state index contributed by atoms with van der Waals surface area (Å²) in [6.45, 7) is 4.07. The minimum Gasteiger partial charge on any atom is -0.349 e. The first-order valence-electron chi connectivity index (χ1n) is 13.5. The normalized spacial score (nSPS) is 22.3. The molecule has 5 rings (SSSR count). The van der Waals surface area contributed by atoms with Crippen molar-refractivity contribution in [2.45, 2.75) is 87.9 Å². The lowest BCUT2D eigenvalue weighted by atomic mass is 9.85. The van der Waals surface area contributed by atoms with E-state index < -0.39 is 22.0 Å². The van der Waals surface area contributed by atoms with Gasteiger partial charge in [0.25, 0.3) is 10.0 Å². The molecule has 1 heterocycles. The Bertz CT molecular complexity index is 1330. The van der Waals surface area contributed by atoms with Crippen molar-refractivity contribution in [3.8, 4) is 0 Å². The standard InChI is InChI=1S/C29H36N4O4S/c1-19-9-12-24(13-10-19)38(36,37)33-16-15-30-29(35)27(33)18-28(34)32-26-8-3-5-22-17-21(11-14-25(22)26)20(2)31-23-6-4-7-23/h9-17,20,23,26-27,31H,3-8,18H2,1-2H3,(H,30,35)(H,32,34)/t20?,26-,27-/m1/s1. The van der Waals surface area contributed by atoms with Gasteiger partial charge < -0.3 is 16.0 Å². The van der Waals surface area contributed by atoms with Crippen LogP contribution < -0.4 is 16.0 Å². The van der Waals surface area contributed by atoms with Crippen molar-refractivity contribution in [3.63, 3.8) is 0 Å². The van der Waals surface area contributed by atoms with Crippen molar-refractivity contribution >= 4 is 21.8 Å². The first-order valence-corrected chi connectivity index (χ1v) is 14.9. The summed E-state index contributed by atoms with van der Waals surface area (Å²) in [6, 6.07) is 12.5. The molecule has 1 unspecified atom stereocenters. The van der Waals surface area contributed by atoms with E-state index in [0.717, 1.165) is 34.7 Å². The number of carbonyl (C=O) groups excluding carboxylic acids is 2. The van der Waals surface area contributed by atoms with E-state index in [9.17, 15) is 18.0 Å². The molecule has 1 fully saturated rings. The Hall–Kier alpha value is -3.17. The van der Waals surface area contributed by atoms with Gasteiger partial charge in [0, 0.05) is 24.5 Å². The molecular weight excluding hydrogens is 500 g/mol. The van der Waals surface area contributed by atoms with Gasteiger partial charge in [0.15, 0.2) is 0 Å². The number of fused-ring (bicyclic) bond motifs is 1. The topological polar surface area (TPSA) is 108 Å². The van der Waals surface area contributed by atoms with Crippen molar-refractivity contribution in [1.29, 1.82) is 0 Å². The van der Waals surface area contributed by atoms with Crippen LogP contribution in [0.5, 0.6) is 0 Å². The van der Waals surface area contributed by atoms with Gasteiger partial charge in [0.2, 0.25) is 11.8 Å². The highest BCUT2D eigenvalue weighted by Crippen LogP contribution is 2.33. The van der Waals surface area contributed by atoms with Crippen LogP contribution in [-0.2, 0) is 26.0 Å². The Kier molecular flexibility index (Phi) is 7.59. The molecule has 1 aliphatic heterocycles. The minimum absolute atomic E-state index is 0.0749. The molecule has 0 bridgehead atoms. The van der Waals surface area contributed by atoms with Crippen molar-refractivity contribution in [1.82, 2.24) is 20.3 Å². The number of hydrogen-bond donors (Lipinski definition) is 3. The Balaban J connectivity index is 1.29. The van der Waals surface area contributed by atoms with Gasteiger partial charge in [0.1, 0.15) is 6.04 Å². The average Bonchev–Trinajstić information content (AvgIpc) is 2.87. The predicted molar refractivity (Wildman–Crippen MR) is 145 cm³/mol. The van der Waals surface area contributed by atoms with Crippen LogP contribution in [-0.4, -0.2) is 36.6 Å². The molecular formula is C29H36N4O4S. The van der Waals surface area contributed by atoms with E-state index >= 15 is 0 Å². The third-order valence-electron chi connectivity index (χ3n) is 7.94. The van der Waals surface area contributed by atoms with E-state index in [1.54, 1.807) is 12.1 Å². The van der Waals surface area contributed by atoms with Crippen molar-refractivity contribution in [3.05, 3.63) is 77.1 Å². The van der Waals surface area contributed by atoms with Crippen LogP contribution in [0.4, 0.5) is 0 Å². The molecule has 0 aromatic heterocycles. The van der Waals surface area contributed by atoms with Crippen molar-refractivity contribution in [2.75, 3.05) is 0 Å².